The highest BCUT2D eigenvalue weighted by Crippen LogP contribution is 2.43. The van der Waals surface area contributed by atoms with E-state index in [0.29, 0.717) is 11.8 Å². The smallest absolute Gasteiger partial charge is 0.314 e. The average molecular weight is 166 g/mol. The van der Waals surface area contributed by atoms with Crippen LogP contribution in [0, 0.1) is 17.8 Å². The monoisotopic (exact) mass is 166 g/mol. The number of hydrogen-bond donors (Lipinski definition) is 0. The van der Waals surface area contributed by atoms with E-state index >= 15 is 0 Å². The molecular formula is C10H14O2. The number of carbonyl (C=O) groups excluding carboxylic acids is 1. The van der Waals surface area contributed by atoms with Crippen molar-refractivity contribution in [1.29, 1.82) is 0 Å². The second-order valence-corrected chi connectivity index (χ2v) is 3.99. The summed E-state index contributed by atoms with van der Waals surface area (Å²) in [7, 11) is 0. The van der Waals surface area contributed by atoms with Crippen LogP contribution in [0.25, 0.3) is 0 Å². The van der Waals surface area contributed by atoms with Gasteiger partial charge in [-0.2, -0.15) is 0 Å². The molecule has 2 heteroatoms. The van der Waals surface area contributed by atoms with Crippen LogP contribution < -0.4 is 0 Å². The predicted molar refractivity (Wildman–Crippen MR) is 45.2 cm³/mol. The van der Waals surface area contributed by atoms with Crippen molar-refractivity contribution in [2.75, 3.05) is 0 Å². The lowest BCUT2D eigenvalue weighted by atomic mass is 9.85. The number of hydrogen-bond acceptors (Lipinski definition) is 2. The molecule has 0 aromatic heterocycles. The molecule has 1 unspecified atom stereocenters. The van der Waals surface area contributed by atoms with E-state index in [0.717, 1.165) is 12.8 Å². The van der Waals surface area contributed by atoms with Crippen LogP contribution in [0.5, 0.6) is 0 Å². The molecular weight excluding hydrogens is 152 g/mol. The van der Waals surface area contributed by atoms with E-state index in [1.165, 1.54) is 5.57 Å². The number of ether oxygens (including phenoxy) is 1. The van der Waals surface area contributed by atoms with Crippen LogP contribution >= 0.6 is 0 Å². The van der Waals surface area contributed by atoms with Gasteiger partial charge in [0.25, 0.3) is 0 Å². The number of esters is 1. The predicted octanol–water partition coefficient (Wildman–Crippen LogP) is 2.11. The first-order valence-corrected chi connectivity index (χ1v) is 4.57. The molecule has 2 aliphatic rings. The third-order valence-corrected chi connectivity index (χ3v) is 3.20. The summed E-state index contributed by atoms with van der Waals surface area (Å²) >= 11 is 0. The molecule has 0 N–H and O–H groups in total. The van der Waals surface area contributed by atoms with Crippen LogP contribution in [0.3, 0.4) is 0 Å². The van der Waals surface area contributed by atoms with E-state index in [9.17, 15) is 4.79 Å². The summed E-state index contributed by atoms with van der Waals surface area (Å²) in [6.07, 6.45) is 3.94. The Morgan fingerprint density at radius 1 is 1.50 bits per heavy atom. The van der Waals surface area contributed by atoms with Gasteiger partial charge in [0.2, 0.25) is 0 Å². The van der Waals surface area contributed by atoms with Gasteiger partial charge in [0.1, 0.15) is 0 Å². The zero-order valence-electron chi connectivity index (χ0n) is 7.54. The van der Waals surface area contributed by atoms with Gasteiger partial charge in [-0.1, -0.05) is 6.92 Å². The number of cyclic esters (lactones) is 1. The van der Waals surface area contributed by atoms with E-state index in [1.807, 2.05) is 0 Å². The van der Waals surface area contributed by atoms with Crippen molar-refractivity contribution < 1.29 is 9.53 Å². The first-order chi connectivity index (χ1) is 5.70. The van der Waals surface area contributed by atoms with Gasteiger partial charge < -0.3 is 4.74 Å². The van der Waals surface area contributed by atoms with Gasteiger partial charge in [0.15, 0.2) is 0 Å². The minimum Gasteiger partial charge on any atom is -0.434 e. The quantitative estimate of drug-likeness (QED) is 0.515. The fraction of sp³-hybridized carbons (Fsp3) is 0.700. The summed E-state index contributed by atoms with van der Waals surface area (Å²) in [5.74, 6) is 1.11. The number of carbonyl (C=O) groups is 1. The molecule has 3 atom stereocenters. The zero-order chi connectivity index (χ0) is 8.72. The first-order valence-electron chi connectivity index (χ1n) is 4.57. The third kappa shape index (κ3) is 0.977. The maximum atomic E-state index is 11.4. The molecule has 1 saturated carbocycles. The van der Waals surface area contributed by atoms with Gasteiger partial charge >= 0.3 is 5.97 Å². The Labute approximate surface area is 72.6 Å². The number of fused-ring (bicyclic) bond motifs is 1. The highest BCUT2D eigenvalue weighted by atomic mass is 16.5. The van der Waals surface area contributed by atoms with Gasteiger partial charge in [0.05, 0.1) is 12.2 Å². The van der Waals surface area contributed by atoms with Crippen molar-refractivity contribution in [3.8, 4) is 0 Å². The Morgan fingerprint density at radius 2 is 2.25 bits per heavy atom. The molecule has 1 heterocycles. The third-order valence-electron chi connectivity index (χ3n) is 3.20. The molecule has 0 radical (unpaired) electrons. The first kappa shape index (κ1) is 7.84. The molecule has 0 bridgehead atoms. The maximum absolute atomic E-state index is 11.4. The lowest BCUT2D eigenvalue weighted by Crippen LogP contribution is -2.28. The van der Waals surface area contributed by atoms with Gasteiger partial charge in [-0.05, 0) is 37.2 Å². The average Bonchev–Trinajstić information content (AvgIpc) is 2.42. The summed E-state index contributed by atoms with van der Waals surface area (Å²) in [6.45, 7) is 4.20. The molecule has 0 aromatic carbocycles. The summed E-state index contributed by atoms with van der Waals surface area (Å²) in [5, 5.41) is 0. The molecule has 2 rings (SSSR count). The molecule has 0 spiro atoms. The van der Waals surface area contributed by atoms with E-state index in [-0.39, 0.29) is 11.9 Å². The van der Waals surface area contributed by atoms with Crippen LogP contribution in [0.15, 0.2) is 11.8 Å². The Balaban J connectivity index is 2.29. The fourth-order valence-electron chi connectivity index (χ4n) is 2.42. The highest BCUT2D eigenvalue weighted by molar-refractivity contribution is 5.75. The zero-order valence-corrected chi connectivity index (χ0v) is 7.54. The second kappa shape index (κ2) is 2.61. The normalized spacial score (nSPS) is 40.3. The lowest BCUT2D eigenvalue weighted by Gasteiger charge is -2.25. The molecule has 0 amide bonds. The molecule has 0 saturated heterocycles. The molecule has 1 aliphatic carbocycles. The van der Waals surface area contributed by atoms with Crippen molar-refractivity contribution in [2.45, 2.75) is 26.7 Å². The van der Waals surface area contributed by atoms with Gasteiger partial charge in [-0.3, -0.25) is 4.79 Å². The molecule has 66 valence electrons. The van der Waals surface area contributed by atoms with Crippen molar-refractivity contribution in [3.63, 3.8) is 0 Å². The van der Waals surface area contributed by atoms with Crippen molar-refractivity contribution in [2.24, 2.45) is 17.8 Å². The Hall–Kier alpha value is -0.790. The van der Waals surface area contributed by atoms with E-state index in [1.54, 1.807) is 6.26 Å². The number of allylic oxidation sites excluding steroid dienone is 1. The molecule has 1 aliphatic heterocycles. The van der Waals surface area contributed by atoms with Crippen molar-refractivity contribution in [1.82, 2.24) is 0 Å². The summed E-state index contributed by atoms with van der Waals surface area (Å²) in [4.78, 5) is 11.4. The van der Waals surface area contributed by atoms with Gasteiger partial charge in [-0.15, -0.1) is 0 Å². The minimum absolute atomic E-state index is 0.0180. The van der Waals surface area contributed by atoms with E-state index in [4.69, 9.17) is 4.74 Å². The maximum Gasteiger partial charge on any atom is 0.314 e. The SMILES string of the molecule is CC1=COC(=O)[C@H]2C(C)CC[C@H]12. The van der Waals surface area contributed by atoms with Gasteiger partial charge in [-0.25, -0.2) is 0 Å². The van der Waals surface area contributed by atoms with Gasteiger partial charge in [0, 0.05) is 0 Å². The fourth-order valence-corrected chi connectivity index (χ4v) is 2.42. The van der Waals surface area contributed by atoms with Crippen LogP contribution in [-0.2, 0) is 9.53 Å². The van der Waals surface area contributed by atoms with Crippen molar-refractivity contribution in [3.05, 3.63) is 11.8 Å². The topological polar surface area (TPSA) is 26.3 Å². The molecule has 0 aromatic rings. The van der Waals surface area contributed by atoms with E-state index in [2.05, 4.69) is 13.8 Å². The summed E-state index contributed by atoms with van der Waals surface area (Å²) < 4.78 is 4.97. The summed E-state index contributed by atoms with van der Waals surface area (Å²) in [6, 6.07) is 0. The lowest BCUT2D eigenvalue weighted by molar-refractivity contribution is -0.146. The van der Waals surface area contributed by atoms with Crippen LogP contribution in [-0.4, -0.2) is 5.97 Å². The Bertz CT molecular complexity index is 242. The summed E-state index contributed by atoms with van der Waals surface area (Å²) in [5.41, 5.74) is 1.24. The highest BCUT2D eigenvalue weighted by Gasteiger charge is 2.42. The van der Waals surface area contributed by atoms with Crippen molar-refractivity contribution >= 4 is 5.97 Å². The number of rotatable bonds is 0. The van der Waals surface area contributed by atoms with Crippen LogP contribution in [0.2, 0.25) is 0 Å². The van der Waals surface area contributed by atoms with Crippen LogP contribution in [0.1, 0.15) is 26.7 Å². The molecule has 1 fully saturated rings. The molecule has 2 nitrogen and oxygen atoms in total. The van der Waals surface area contributed by atoms with E-state index < -0.39 is 0 Å². The molecule has 12 heavy (non-hydrogen) atoms. The standard InChI is InChI=1S/C10H14O2/c1-6-3-4-8-7(2)5-12-10(11)9(6)8/h5-6,8-9H,3-4H2,1-2H3/t6?,8-,9+/m1/s1. The van der Waals surface area contributed by atoms with Crippen LogP contribution in [0.4, 0.5) is 0 Å². The second-order valence-electron chi connectivity index (χ2n) is 3.99. The Kier molecular flexibility index (Phi) is 1.71. The largest absolute Gasteiger partial charge is 0.434 e. The Morgan fingerprint density at radius 3 is 2.92 bits per heavy atom. The minimum atomic E-state index is -0.0180.